The van der Waals surface area contributed by atoms with E-state index in [1.165, 1.54) is 0 Å². The maximum Gasteiger partial charge on any atom is 0.408 e. The van der Waals surface area contributed by atoms with Crippen LogP contribution in [0.15, 0.2) is 0 Å². The molecule has 1 rings (SSSR count). The molecule has 1 heterocycles. The van der Waals surface area contributed by atoms with Crippen LogP contribution in [0.4, 0.5) is 0 Å². The van der Waals surface area contributed by atoms with Gasteiger partial charge in [0.1, 0.15) is 0 Å². The second-order valence-corrected chi connectivity index (χ2v) is 27.0. The van der Waals surface area contributed by atoms with Gasteiger partial charge in [-0.3, -0.25) is 22.8 Å². The lowest BCUT2D eigenvalue weighted by Gasteiger charge is -2.54. The quantitative estimate of drug-likeness (QED) is 0.490. The second kappa shape index (κ2) is 9.51. The molecule has 30 heavy (non-hydrogen) atoms. The highest BCUT2D eigenvalue weighted by Gasteiger charge is 2.62. The van der Waals surface area contributed by atoms with Crippen molar-refractivity contribution >= 4 is 43.6 Å². The predicted octanol–water partition coefficient (Wildman–Crippen LogP) is 0.735. The first-order valence-electron chi connectivity index (χ1n) is 10.1. The smallest absolute Gasteiger partial charge is 0.391 e. The van der Waals surface area contributed by atoms with Gasteiger partial charge in [-0.05, 0) is 103 Å². The molecule has 0 radical (unpaired) electrons. The molecule has 10 nitrogen and oxygen atoms in total. The molecule has 0 bridgehead atoms. The molecule has 1 saturated heterocycles. The van der Waals surface area contributed by atoms with Crippen molar-refractivity contribution in [2.24, 2.45) is 0 Å². The van der Waals surface area contributed by atoms with Crippen LogP contribution in [-0.2, 0) is 20.6 Å². The third kappa shape index (κ3) is 5.97. The molecule has 0 atom stereocenters. The summed E-state index contributed by atoms with van der Waals surface area (Å²) in [4.78, 5) is 0. The van der Waals surface area contributed by atoms with Crippen molar-refractivity contribution in [2.75, 3.05) is 70.5 Å². The average Bonchev–Trinajstić information content (AvgIpc) is 2.52. The number of nitrogens with zero attached hydrogens (tertiary/aromatic N) is 5. The zero-order chi connectivity index (χ0) is 23.9. The van der Waals surface area contributed by atoms with Gasteiger partial charge in [-0.15, -0.1) is 0 Å². The first kappa shape index (κ1) is 28.7. The van der Waals surface area contributed by atoms with Crippen LogP contribution in [0.2, 0.25) is 32.7 Å². The molecule has 180 valence electrons. The van der Waals surface area contributed by atoms with Crippen molar-refractivity contribution in [1.29, 1.82) is 0 Å². The molecule has 0 N–H and O–H groups in total. The first-order chi connectivity index (χ1) is 13.3. The topological polar surface area (TPSA) is 62.3 Å². The molecule has 0 aromatic heterocycles. The van der Waals surface area contributed by atoms with Crippen LogP contribution >= 0.6 is 0 Å². The lowest BCUT2D eigenvalue weighted by molar-refractivity contribution is 0.131. The molecule has 0 saturated carbocycles. The number of hydrogen-bond acceptors (Lipinski definition) is 10. The van der Waals surface area contributed by atoms with E-state index in [9.17, 15) is 0 Å². The molecular formula is C15H45N5O5Si5. The zero-order valence-corrected chi connectivity index (χ0v) is 26.8. The van der Waals surface area contributed by atoms with E-state index >= 15 is 0 Å². The molecule has 0 aliphatic carbocycles. The average molecular weight is 516 g/mol. The van der Waals surface area contributed by atoms with Gasteiger partial charge in [0.05, 0.1) is 0 Å². The van der Waals surface area contributed by atoms with Crippen LogP contribution in [0.25, 0.3) is 0 Å². The van der Waals surface area contributed by atoms with E-state index < -0.39 is 43.6 Å². The Labute approximate surface area is 190 Å². The summed E-state index contributed by atoms with van der Waals surface area (Å²) < 4.78 is 44.8. The standard InChI is InChI=1S/C15H45N5O5Si5/c1-16(2)26(11)21-27(12,17(3)4)23-29(14,19(7)8)25-30(15,20(9)10)24-28(13,22-26)18(5)6/h1-15H3. The summed E-state index contributed by atoms with van der Waals surface area (Å²) in [6.45, 7) is 10.4. The first-order valence-corrected chi connectivity index (χ1v) is 21.4. The Balaban J connectivity index is 3.80. The van der Waals surface area contributed by atoms with Gasteiger partial charge in [-0.2, -0.15) is 0 Å². The van der Waals surface area contributed by atoms with Gasteiger partial charge in [0.2, 0.25) is 0 Å². The van der Waals surface area contributed by atoms with Gasteiger partial charge in [0.15, 0.2) is 0 Å². The Bertz CT molecular complexity index is 472. The van der Waals surface area contributed by atoms with Crippen molar-refractivity contribution in [2.45, 2.75) is 32.7 Å². The summed E-state index contributed by atoms with van der Waals surface area (Å²) in [5, 5.41) is 0. The Morgan fingerprint density at radius 3 is 0.467 bits per heavy atom. The Morgan fingerprint density at radius 2 is 0.400 bits per heavy atom. The normalized spacial score (nSPS) is 42.0. The van der Waals surface area contributed by atoms with E-state index in [1.54, 1.807) is 0 Å². The van der Waals surface area contributed by atoms with Gasteiger partial charge in [-0.1, -0.05) is 0 Å². The highest BCUT2D eigenvalue weighted by molar-refractivity contribution is 6.91. The van der Waals surface area contributed by atoms with Crippen molar-refractivity contribution in [3.8, 4) is 0 Å². The maximum absolute atomic E-state index is 6.89. The molecule has 0 unspecified atom stereocenters. The molecule has 1 aliphatic rings. The van der Waals surface area contributed by atoms with Crippen LogP contribution in [0.3, 0.4) is 0 Å². The summed E-state index contributed by atoms with van der Waals surface area (Å²) in [6.07, 6.45) is 0. The third-order valence-corrected chi connectivity index (χ3v) is 29.2. The summed E-state index contributed by atoms with van der Waals surface area (Å²) >= 11 is 0. The van der Waals surface area contributed by atoms with E-state index in [4.69, 9.17) is 20.6 Å². The second-order valence-electron chi connectivity index (χ2n) is 9.47. The fraction of sp³-hybridized carbons (Fsp3) is 1.00. The van der Waals surface area contributed by atoms with Crippen LogP contribution in [-0.4, -0.2) is 137 Å². The maximum atomic E-state index is 6.89. The molecule has 0 spiro atoms. The minimum atomic E-state index is -2.87. The van der Waals surface area contributed by atoms with Crippen LogP contribution in [0, 0.1) is 0 Å². The van der Waals surface area contributed by atoms with Crippen molar-refractivity contribution < 1.29 is 20.6 Å². The fourth-order valence-corrected chi connectivity index (χ4v) is 26.8. The minimum Gasteiger partial charge on any atom is -0.391 e. The summed E-state index contributed by atoms with van der Waals surface area (Å²) in [5.74, 6) is 0. The number of hydrogen-bond donors (Lipinski definition) is 0. The largest absolute Gasteiger partial charge is 0.408 e. The molecule has 1 aliphatic heterocycles. The molecule has 0 amide bonds. The van der Waals surface area contributed by atoms with Gasteiger partial charge >= 0.3 is 43.6 Å². The van der Waals surface area contributed by atoms with Crippen molar-refractivity contribution in [3.05, 3.63) is 0 Å². The van der Waals surface area contributed by atoms with E-state index in [-0.39, 0.29) is 0 Å². The van der Waals surface area contributed by atoms with Gasteiger partial charge < -0.3 is 20.6 Å². The van der Waals surface area contributed by atoms with Gasteiger partial charge in [0.25, 0.3) is 0 Å². The molecular weight excluding hydrogens is 471 g/mol. The summed E-state index contributed by atoms with van der Waals surface area (Å²) in [7, 11) is 5.75. The predicted molar refractivity (Wildman–Crippen MR) is 132 cm³/mol. The van der Waals surface area contributed by atoms with E-state index in [1.807, 2.05) is 70.5 Å². The highest BCUT2D eigenvalue weighted by atomic mass is 28.5. The Hall–Kier alpha value is 0.684. The fourth-order valence-electron chi connectivity index (χ4n) is 2.77. The summed E-state index contributed by atoms with van der Waals surface area (Å²) in [6, 6.07) is 0. The van der Waals surface area contributed by atoms with Crippen LogP contribution < -0.4 is 0 Å². The van der Waals surface area contributed by atoms with E-state index in [0.29, 0.717) is 0 Å². The van der Waals surface area contributed by atoms with Crippen LogP contribution in [0.1, 0.15) is 0 Å². The minimum absolute atomic E-state index is 2.01. The summed E-state index contributed by atoms with van der Waals surface area (Å²) in [5.41, 5.74) is 0. The molecule has 15 heteroatoms. The molecule has 0 aromatic rings. The van der Waals surface area contributed by atoms with E-state index in [2.05, 4.69) is 55.6 Å². The lowest BCUT2D eigenvalue weighted by atomic mass is 11.3. The zero-order valence-electron chi connectivity index (χ0n) is 21.8. The molecule has 1 fully saturated rings. The SMILES string of the molecule is CN(C)[Si]1(C)O[Si](C)(N(C)C)O[Si](C)(N(C)C)O[Si](C)(N(C)C)O[Si](C)(N(C)C)O1. The van der Waals surface area contributed by atoms with Crippen molar-refractivity contribution in [3.63, 3.8) is 0 Å². The highest BCUT2D eigenvalue weighted by Crippen LogP contribution is 2.34. The number of rotatable bonds is 5. The Morgan fingerprint density at radius 1 is 0.300 bits per heavy atom. The van der Waals surface area contributed by atoms with Crippen molar-refractivity contribution in [1.82, 2.24) is 22.8 Å². The monoisotopic (exact) mass is 515 g/mol. The third-order valence-electron chi connectivity index (χ3n) is 5.96. The molecule has 0 aromatic carbocycles. The van der Waals surface area contributed by atoms with Crippen LogP contribution in [0.5, 0.6) is 0 Å². The lowest BCUT2D eigenvalue weighted by Crippen LogP contribution is -2.78. The Kier molecular flexibility index (Phi) is 9.10. The van der Waals surface area contributed by atoms with E-state index in [0.717, 1.165) is 0 Å². The van der Waals surface area contributed by atoms with Gasteiger partial charge in [0, 0.05) is 0 Å². The van der Waals surface area contributed by atoms with Gasteiger partial charge in [-0.25, -0.2) is 0 Å².